The first-order valence-corrected chi connectivity index (χ1v) is 21.0. The van der Waals surface area contributed by atoms with Gasteiger partial charge in [0, 0.05) is 34.1 Å². The van der Waals surface area contributed by atoms with Crippen LogP contribution < -0.4 is 9.47 Å². The number of benzene rings is 6. The van der Waals surface area contributed by atoms with Crippen LogP contribution in [0.5, 0.6) is 23.0 Å². The number of Topliss-reactive ketones (excluding diaryl/α,β-unsaturated/α-hetero) is 1. The highest BCUT2D eigenvalue weighted by Crippen LogP contribution is 2.49. The molecule has 8 rings (SSSR count). The molecule has 2 atom stereocenters. The lowest BCUT2D eigenvalue weighted by molar-refractivity contribution is -0.141. The van der Waals surface area contributed by atoms with Crippen LogP contribution in [0.2, 0.25) is 0 Å². The summed E-state index contributed by atoms with van der Waals surface area (Å²) >= 11 is 0. The number of nitrogens with zero attached hydrogens (tertiary/aromatic N) is 6. The van der Waals surface area contributed by atoms with E-state index < -0.39 is 75.2 Å². The Labute approximate surface area is 383 Å². The van der Waals surface area contributed by atoms with Crippen molar-refractivity contribution in [2.45, 2.75) is 64.1 Å². The summed E-state index contributed by atoms with van der Waals surface area (Å²) in [5, 5.41) is 50.1. The molecule has 2 heterocycles. The molecular formula is C49H40F6N8O5. The lowest BCUT2D eigenvalue weighted by atomic mass is 9.83. The molecule has 2 aromatic heterocycles. The third kappa shape index (κ3) is 10.5. The molecule has 0 saturated heterocycles. The number of tetrazole rings is 2. The monoisotopic (exact) mass is 934 g/mol. The smallest absolute Gasteiger partial charge is 0.423 e. The van der Waals surface area contributed by atoms with E-state index in [9.17, 15) is 41.4 Å². The average Bonchev–Trinajstić information content (AvgIpc) is 4.07. The summed E-state index contributed by atoms with van der Waals surface area (Å²) in [6.07, 6.45) is -9.19. The van der Waals surface area contributed by atoms with Crippen molar-refractivity contribution in [2.24, 2.45) is 0 Å². The molecule has 0 radical (unpaired) electrons. The van der Waals surface area contributed by atoms with E-state index >= 15 is 0 Å². The van der Waals surface area contributed by atoms with Crippen LogP contribution in [0.3, 0.4) is 0 Å². The molecule has 8 aromatic rings. The lowest BCUT2D eigenvalue weighted by Gasteiger charge is -2.23. The van der Waals surface area contributed by atoms with Crippen LogP contribution in [-0.2, 0) is 43.2 Å². The fraction of sp³-hybridized carbons (Fsp3) is 0.204. The number of carbonyl (C=O) groups excluding carboxylic acids is 1. The predicted molar refractivity (Wildman–Crippen MR) is 234 cm³/mol. The minimum atomic E-state index is -5.13. The molecular weight excluding hydrogens is 895 g/mol. The summed E-state index contributed by atoms with van der Waals surface area (Å²) in [6.45, 7) is 1.84. The van der Waals surface area contributed by atoms with Gasteiger partial charge in [0.25, 0.3) is 0 Å². The molecule has 0 aliphatic carbocycles. The molecule has 19 heteroatoms. The molecule has 0 fully saturated rings. The van der Waals surface area contributed by atoms with E-state index in [1.807, 2.05) is 48.5 Å². The van der Waals surface area contributed by atoms with Crippen molar-refractivity contribution in [1.82, 2.24) is 41.2 Å². The molecule has 348 valence electrons. The Hall–Kier alpha value is -8.09. The zero-order valence-corrected chi connectivity index (χ0v) is 36.1. The van der Waals surface area contributed by atoms with Gasteiger partial charge in [-0.05, 0) is 80.9 Å². The topological polar surface area (TPSA) is 185 Å². The van der Waals surface area contributed by atoms with E-state index in [-0.39, 0.29) is 13.2 Å². The molecule has 0 amide bonds. The summed E-state index contributed by atoms with van der Waals surface area (Å²) in [5.74, 6) is -6.86. The second-order valence-corrected chi connectivity index (χ2v) is 16.0. The molecule has 6 aromatic carbocycles. The molecule has 0 bridgehead atoms. The van der Waals surface area contributed by atoms with Gasteiger partial charge in [-0.1, -0.05) is 111 Å². The fourth-order valence-corrected chi connectivity index (χ4v) is 7.86. The SMILES string of the molecule is CC(C(=O)C(C)c1ccc(OCc2ccc(Cc3cccc(-c4nn[nH]n4)c3)cc2)c(C(F)(F)F)c1O)c1ccc(OCc2ccc(Cc3cccc(-c4nn[nH]n4)c3)cc2)c(C(F)(F)F)c1O. The van der Waals surface area contributed by atoms with Gasteiger partial charge in [-0.25, -0.2) is 0 Å². The lowest BCUT2D eigenvalue weighted by Crippen LogP contribution is -2.19. The summed E-state index contributed by atoms with van der Waals surface area (Å²) in [6, 6.07) is 33.3. The number of aromatic amines is 2. The highest BCUT2D eigenvalue weighted by atomic mass is 19.4. The van der Waals surface area contributed by atoms with Gasteiger partial charge in [-0.2, -0.15) is 36.8 Å². The number of ether oxygens (including phenoxy) is 2. The number of halogens is 6. The third-order valence-corrected chi connectivity index (χ3v) is 11.4. The van der Waals surface area contributed by atoms with Crippen LogP contribution in [-0.4, -0.2) is 57.2 Å². The summed E-state index contributed by atoms with van der Waals surface area (Å²) in [7, 11) is 0. The minimum absolute atomic E-state index is 0.297. The quantitative estimate of drug-likeness (QED) is 0.0676. The Kier molecular flexibility index (Phi) is 13.2. The first-order valence-electron chi connectivity index (χ1n) is 21.0. The van der Waals surface area contributed by atoms with E-state index in [1.54, 1.807) is 48.5 Å². The van der Waals surface area contributed by atoms with Gasteiger partial charge in [0.05, 0.1) is 0 Å². The van der Waals surface area contributed by atoms with Crippen LogP contribution in [0, 0.1) is 0 Å². The van der Waals surface area contributed by atoms with Crippen LogP contribution >= 0.6 is 0 Å². The van der Waals surface area contributed by atoms with Crippen molar-refractivity contribution < 1.29 is 50.8 Å². The zero-order chi connectivity index (χ0) is 48.2. The molecule has 4 N–H and O–H groups in total. The van der Waals surface area contributed by atoms with Gasteiger partial charge < -0.3 is 19.7 Å². The largest absolute Gasteiger partial charge is 0.507 e. The standard InChI is InChI=1S/C49H40F6N8O5/c1-27(37-17-19-39(41(44(37)65)48(50,51)52)67-25-31-13-9-29(10-14-31)21-33-5-3-7-35(23-33)46-56-60-61-57-46)43(64)28(2)38-18-20-40(42(45(38)66)49(53,54)55)68-26-32-15-11-30(12-16-32)22-34-6-4-8-36(24-34)47-58-62-63-59-47/h3-20,23-24,27-28,65-66H,21-22,25-26H2,1-2H3,(H,56,57,60,61)(H,58,59,62,63). The Balaban J connectivity index is 0.928. The van der Waals surface area contributed by atoms with Crippen molar-refractivity contribution in [3.63, 3.8) is 0 Å². The van der Waals surface area contributed by atoms with E-state index in [0.29, 0.717) is 35.6 Å². The zero-order valence-electron chi connectivity index (χ0n) is 36.1. The number of rotatable bonds is 16. The Morgan fingerprint density at radius 2 is 0.926 bits per heavy atom. The third-order valence-electron chi connectivity index (χ3n) is 11.4. The second-order valence-electron chi connectivity index (χ2n) is 16.0. The van der Waals surface area contributed by atoms with Gasteiger partial charge in [-0.15, -0.1) is 20.4 Å². The number of nitrogens with one attached hydrogen (secondary N) is 2. The average molecular weight is 935 g/mol. The highest BCUT2D eigenvalue weighted by molar-refractivity contribution is 5.92. The Morgan fingerprint density at radius 1 is 0.544 bits per heavy atom. The number of aromatic hydroxyl groups is 2. The molecule has 0 aliphatic heterocycles. The van der Waals surface area contributed by atoms with Gasteiger partial charge in [0.1, 0.15) is 53.1 Å². The van der Waals surface area contributed by atoms with Crippen molar-refractivity contribution in [3.05, 3.63) is 177 Å². The number of phenols is 2. The van der Waals surface area contributed by atoms with Gasteiger partial charge in [0.15, 0.2) is 0 Å². The van der Waals surface area contributed by atoms with E-state index in [1.165, 1.54) is 13.8 Å². The number of phenolic OH excluding ortho intramolecular Hbond substituents is 2. The van der Waals surface area contributed by atoms with Crippen molar-refractivity contribution in [1.29, 1.82) is 0 Å². The molecule has 13 nitrogen and oxygen atoms in total. The van der Waals surface area contributed by atoms with E-state index in [0.717, 1.165) is 57.6 Å². The number of H-pyrrole nitrogens is 2. The van der Waals surface area contributed by atoms with Gasteiger partial charge in [0.2, 0.25) is 11.6 Å². The molecule has 0 saturated carbocycles. The van der Waals surface area contributed by atoms with Crippen LogP contribution in [0.25, 0.3) is 22.8 Å². The van der Waals surface area contributed by atoms with Crippen molar-refractivity contribution >= 4 is 5.78 Å². The van der Waals surface area contributed by atoms with E-state index in [2.05, 4.69) is 41.2 Å². The molecule has 68 heavy (non-hydrogen) atoms. The maximum Gasteiger partial charge on any atom is 0.423 e. The highest BCUT2D eigenvalue weighted by Gasteiger charge is 2.42. The fourth-order valence-electron chi connectivity index (χ4n) is 7.86. The Morgan fingerprint density at radius 3 is 1.28 bits per heavy atom. The summed E-state index contributed by atoms with van der Waals surface area (Å²) in [4.78, 5) is 13.8. The minimum Gasteiger partial charge on any atom is -0.507 e. The summed E-state index contributed by atoms with van der Waals surface area (Å²) in [5.41, 5.74) is 2.43. The van der Waals surface area contributed by atoms with E-state index in [4.69, 9.17) is 9.47 Å². The number of carbonyl (C=O) groups is 1. The normalized spacial score (nSPS) is 12.7. The van der Waals surface area contributed by atoms with Crippen LogP contribution in [0.4, 0.5) is 26.3 Å². The molecule has 0 aliphatic rings. The maximum absolute atomic E-state index is 14.6. The number of hydrogen-bond donors (Lipinski definition) is 4. The van der Waals surface area contributed by atoms with Crippen molar-refractivity contribution in [2.75, 3.05) is 0 Å². The number of aromatic nitrogens is 8. The predicted octanol–water partition coefficient (Wildman–Crippen LogP) is 10.3. The number of ketones is 1. The first-order chi connectivity index (χ1) is 32.5. The van der Waals surface area contributed by atoms with Crippen molar-refractivity contribution in [3.8, 4) is 45.8 Å². The van der Waals surface area contributed by atoms with Crippen LogP contribution in [0.15, 0.2) is 121 Å². The number of alkyl halides is 6. The first kappa shape index (κ1) is 46.4. The van der Waals surface area contributed by atoms with Gasteiger partial charge >= 0.3 is 12.4 Å². The maximum atomic E-state index is 14.6. The van der Waals surface area contributed by atoms with Gasteiger partial charge in [-0.3, -0.25) is 4.79 Å². The summed E-state index contributed by atoms with van der Waals surface area (Å²) < 4.78 is 98.5. The second kappa shape index (κ2) is 19.4. The van der Waals surface area contributed by atoms with Crippen LogP contribution in [0.1, 0.15) is 81.3 Å². The molecule has 2 unspecified atom stereocenters. The molecule has 0 spiro atoms. The number of hydrogen-bond acceptors (Lipinski definition) is 11. The Bertz CT molecular complexity index is 2820.